The maximum absolute atomic E-state index is 13.6. The van der Waals surface area contributed by atoms with Crippen molar-refractivity contribution in [1.29, 1.82) is 0 Å². The van der Waals surface area contributed by atoms with Crippen molar-refractivity contribution in [2.24, 2.45) is 0 Å². The summed E-state index contributed by atoms with van der Waals surface area (Å²) in [4.78, 5) is 12.0. The fourth-order valence-electron chi connectivity index (χ4n) is 1.92. The van der Waals surface area contributed by atoms with Crippen molar-refractivity contribution < 1.29 is 13.6 Å². The Hall–Kier alpha value is -2.23. The molecule has 2 aromatic carbocycles. The zero-order chi connectivity index (χ0) is 14.7. The molecule has 1 atom stereocenters. The molecule has 2 aromatic rings. The molecule has 0 spiro atoms. The molecule has 1 amide bonds. The molecule has 1 unspecified atom stereocenters. The molecule has 0 bridgehead atoms. The Morgan fingerprint density at radius 3 is 2.45 bits per heavy atom. The Morgan fingerprint density at radius 2 is 1.80 bits per heavy atom. The van der Waals surface area contributed by atoms with Gasteiger partial charge in [-0.1, -0.05) is 24.3 Å². The van der Waals surface area contributed by atoms with Crippen molar-refractivity contribution >= 4 is 5.91 Å². The van der Waals surface area contributed by atoms with Crippen LogP contribution in [0.3, 0.4) is 0 Å². The molecule has 104 valence electrons. The molecule has 0 radical (unpaired) electrons. The van der Waals surface area contributed by atoms with Gasteiger partial charge in [-0.15, -0.1) is 0 Å². The van der Waals surface area contributed by atoms with Crippen molar-refractivity contribution in [2.45, 2.75) is 19.9 Å². The molecular formula is C16H15F2NO. The lowest BCUT2D eigenvalue weighted by Crippen LogP contribution is -2.27. The van der Waals surface area contributed by atoms with Gasteiger partial charge in [-0.2, -0.15) is 0 Å². The first kappa shape index (κ1) is 14.2. The number of aryl methyl sites for hydroxylation is 1. The van der Waals surface area contributed by atoms with Crippen LogP contribution in [0.15, 0.2) is 42.5 Å². The highest BCUT2D eigenvalue weighted by atomic mass is 19.1. The maximum atomic E-state index is 13.6. The molecule has 0 aliphatic rings. The van der Waals surface area contributed by atoms with E-state index in [9.17, 15) is 13.6 Å². The third-order valence-corrected chi connectivity index (χ3v) is 3.15. The smallest absolute Gasteiger partial charge is 0.251 e. The largest absolute Gasteiger partial charge is 0.345 e. The normalized spacial score (nSPS) is 12.0. The molecule has 2 nitrogen and oxygen atoms in total. The number of halogens is 2. The molecule has 20 heavy (non-hydrogen) atoms. The summed E-state index contributed by atoms with van der Waals surface area (Å²) in [5.41, 5.74) is 1.09. The predicted octanol–water partition coefficient (Wildman–Crippen LogP) is 3.76. The van der Waals surface area contributed by atoms with Crippen LogP contribution >= 0.6 is 0 Å². The fourth-order valence-corrected chi connectivity index (χ4v) is 1.92. The molecule has 2 rings (SSSR count). The first-order valence-electron chi connectivity index (χ1n) is 6.30. The van der Waals surface area contributed by atoms with E-state index in [-0.39, 0.29) is 11.4 Å². The Bertz CT molecular complexity index is 640. The van der Waals surface area contributed by atoms with Crippen molar-refractivity contribution in [2.75, 3.05) is 0 Å². The van der Waals surface area contributed by atoms with Gasteiger partial charge in [0.05, 0.1) is 6.04 Å². The highest BCUT2D eigenvalue weighted by Crippen LogP contribution is 2.17. The standard InChI is InChI=1S/C16H15F2NO/c1-10-7-8-12(9-15(10)18)16(20)19-11(2)13-5-3-4-6-14(13)17/h3-9,11H,1-2H3,(H,19,20). The molecule has 0 aromatic heterocycles. The Labute approximate surface area is 116 Å². The Balaban J connectivity index is 2.15. The molecule has 1 N–H and O–H groups in total. The highest BCUT2D eigenvalue weighted by molar-refractivity contribution is 5.94. The minimum Gasteiger partial charge on any atom is -0.345 e. The van der Waals surface area contributed by atoms with E-state index in [1.807, 2.05) is 0 Å². The lowest BCUT2D eigenvalue weighted by Gasteiger charge is -2.15. The van der Waals surface area contributed by atoms with Crippen molar-refractivity contribution in [3.63, 3.8) is 0 Å². The van der Waals surface area contributed by atoms with Gasteiger partial charge in [-0.3, -0.25) is 4.79 Å². The van der Waals surface area contributed by atoms with Crippen molar-refractivity contribution in [3.05, 3.63) is 70.8 Å². The topological polar surface area (TPSA) is 29.1 Å². The average Bonchev–Trinajstić information content (AvgIpc) is 2.42. The second-order valence-corrected chi connectivity index (χ2v) is 4.68. The average molecular weight is 275 g/mol. The number of amides is 1. The van der Waals surface area contributed by atoms with E-state index >= 15 is 0 Å². The van der Waals surface area contributed by atoms with Crippen molar-refractivity contribution in [1.82, 2.24) is 5.32 Å². The number of hydrogen-bond acceptors (Lipinski definition) is 1. The fraction of sp³-hybridized carbons (Fsp3) is 0.188. The summed E-state index contributed by atoms with van der Waals surface area (Å²) in [6, 6.07) is 10.0. The SMILES string of the molecule is Cc1ccc(C(=O)NC(C)c2ccccc2F)cc1F. The zero-order valence-corrected chi connectivity index (χ0v) is 11.3. The second-order valence-electron chi connectivity index (χ2n) is 4.68. The zero-order valence-electron chi connectivity index (χ0n) is 11.3. The molecule has 0 aliphatic heterocycles. The first-order chi connectivity index (χ1) is 9.49. The van der Waals surface area contributed by atoms with Gasteiger partial charge < -0.3 is 5.32 Å². The molecule has 0 saturated carbocycles. The van der Waals surface area contributed by atoms with Crippen LogP contribution in [-0.2, 0) is 0 Å². The van der Waals surface area contributed by atoms with Crippen LogP contribution in [0.2, 0.25) is 0 Å². The lowest BCUT2D eigenvalue weighted by atomic mass is 10.1. The summed E-state index contributed by atoms with van der Waals surface area (Å²) < 4.78 is 27.0. The van der Waals surface area contributed by atoms with Crippen LogP contribution < -0.4 is 5.32 Å². The van der Waals surface area contributed by atoms with Gasteiger partial charge in [0.25, 0.3) is 5.91 Å². The first-order valence-corrected chi connectivity index (χ1v) is 6.30. The number of nitrogens with one attached hydrogen (secondary N) is 1. The molecule has 0 aliphatic carbocycles. The molecule has 0 fully saturated rings. The highest BCUT2D eigenvalue weighted by Gasteiger charge is 2.15. The van der Waals surface area contributed by atoms with Crippen LogP contribution in [0.5, 0.6) is 0 Å². The van der Waals surface area contributed by atoms with E-state index in [2.05, 4.69) is 5.32 Å². The van der Waals surface area contributed by atoms with Crippen LogP contribution in [0.1, 0.15) is 34.5 Å². The van der Waals surface area contributed by atoms with Crippen LogP contribution in [0.4, 0.5) is 8.78 Å². The molecule has 4 heteroatoms. The van der Waals surface area contributed by atoms with Gasteiger partial charge in [0.1, 0.15) is 11.6 Å². The van der Waals surface area contributed by atoms with E-state index in [4.69, 9.17) is 0 Å². The minimum absolute atomic E-state index is 0.219. The minimum atomic E-state index is -0.493. The molecule has 0 heterocycles. The lowest BCUT2D eigenvalue weighted by molar-refractivity contribution is 0.0939. The third kappa shape index (κ3) is 3.02. The van der Waals surface area contributed by atoms with E-state index in [1.54, 1.807) is 38.1 Å². The summed E-state index contributed by atoms with van der Waals surface area (Å²) in [5, 5.41) is 2.65. The summed E-state index contributed by atoms with van der Waals surface area (Å²) in [6.45, 7) is 3.31. The van der Waals surface area contributed by atoms with Gasteiger partial charge >= 0.3 is 0 Å². The van der Waals surface area contributed by atoms with Crippen molar-refractivity contribution in [3.8, 4) is 0 Å². The second kappa shape index (κ2) is 5.82. The van der Waals surface area contributed by atoms with Gasteiger partial charge in [-0.25, -0.2) is 8.78 Å². The Kier molecular flexibility index (Phi) is 4.13. The van der Waals surface area contributed by atoms with Crippen LogP contribution in [0.25, 0.3) is 0 Å². The maximum Gasteiger partial charge on any atom is 0.251 e. The van der Waals surface area contributed by atoms with Gasteiger partial charge in [-0.05, 0) is 37.6 Å². The van der Waals surface area contributed by atoms with E-state index in [1.165, 1.54) is 18.2 Å². The summed E-state index contributed by atoms with van der Waals surface area (Å²) in [7, 11) is 0. The van der Waals surface area contributed by atoms with Gasteiger partial charge in [0, 0.05) is 11.1 Å². The number of hydrogen-bond donors (Lipinski definition) is 1. The van der Waals surface area contributed by atoms with Crippen LogP contribution in [0, 0.1) is 18.6 Å². The van der Waals surface area contributed by atoms with E-state index in [0.29, 0.717) is 11.1 Å². The monoisotopic (exact) mass is 275 g/mol. The van der Waals surface area contributed by atoms with Crippen LogP contribution in [-0.4, -0.2) is 5.91 Å². The number of carbonyl (C=O) groups excluding carboxylic acids is 1. The summed E-state index contributed by atoms with van der Waals surface area (Å²) in [5.74, 6) is -1.24. The third-order valence-electron chi connectivity index (χ3n) is 3.15. The number of rotatable bonds is 3. The number of benzene rings is 2. The van der Waals surface area contributed by atoms with E-state index in [0.717, 1.165) is 0 Å². The summed E-state index contributed by atoms with van der Waals surface area (Å²) in [6.07, 6.45) is 0. The number of carbonyl (C=O) groups is 1. The van der Waals surface area contributed by atoms with Gasteiger partial charge in [0.2, 0.25) is 0 Å². The van der Waals surface area contributed by atoms with Gasteiger partial charge in [0.15, 0.2) is 0 Å². The summed E-state index contributed by atoms with van der Waals surface area (Å²) >= 11 is 0. The molecule has 0 saturated heterocycles. The predicted molar refractivity (Wildman–Crippen MR) is 73.4 cm³/mol. The molecular weight excluding hydrogens is 260 g/mol. The van der Waals surface area contributed by atoms with E-state index < -0.39 is 17.8 Å². The Morgan fingerprint density at radius 1 is 1.10 bits per heavy atom. The quantitative estimate of drug-likeness (QED) is 0.907.